The van der Waals surface area contributed by atoms with E-state index in [1.807, 2.05) is 0 Å². The average Bonchev–Trinajstić information content (AvgIpc) is 2.68. The van der Waals surface area contributed by atoms with Crippen LogP contribution in [0.15, 0.2) is 0 Å². The van der Waals surface area contributed by atoms with Gasteiger partial charge in [0.05, 0.1) is 6.07 Å². The molecule has 2 rings (SSSR count). The molecule has 2 fully saturated rings. The molecule has 21 heavy (non-hydrogen) atoms. The third-order valence-electron chi connectivity index (χ3n) is 5.53. The quantitative estimate of drug-likeness (QED) is 0.861. The summed E-state index contributed by atoms with van der Waals surface area (Å²) in [4.78, 5) is 2.68. The maximum atomic E-state index is 9.62. The molecule has 1 aliphatic carbocycles. The normalized spacial score (nSPS) is 35.1. The lowest BCUT2D eigenvalue weighted by atomic mass is 9.89. The van der Waals surface area contributed by atoms with Crippen molar-refractivity contribution < 1.29 is 0 Å². The number of hydrogen-bond acceptors (Lipinski definition) is 3. The van der Waals surface area contributed by atoms with Gasteiger partial charge in [0.15, 0.2) is 0 Å². The molecule has 0 aromatic rings. The Labute approximate surface area is 131 Å². The summed E-state index contributed by atoms with van der Waals surface area (Å²) < 4.78 is 0. The van der Waals surface area contributed by atoms with Crippen molar-refractivity contribution in [1.82, 2.24) is 10.2 Å². The van der Waals surface area contributed by atoms with Crippen molar-refractivity contribution in [2.75, 3.05) is 13.1 Å². The summed E-state index contributed by atoms with van der Waals surface area (Å²) >= 11 is 0. The molecule has 0 aromatic carbocycles. The summed E-state index contributed by atoms with van der Waals surface area (Å²) in [5.41, 5.74) is -0.275. The van der Waals surface area contributed by atoms with Crippen molar-refractivity contribution in [2.24, 2.45) is 11.8 Å². The lowest BCUT2D eigenvalue weighted by Gasteiger charge is -2.30. The predicted molar refractivity (Wildman–Crippen MR) is 88.0 cm³/mol. The largest absolute Gasteiger partial charge is 0.300 e. The number of nitrogens with one attached hydrogen (secondary N) is 1. The molecule has 3 atom stereocenters. The fourth-order valence-electron chi connectivity index (χ4n) is 4.32. The Balaban J connectivity index is 1.93. The summed E-state index contributed by atoms with van der Waals surface area (Å²) in [6.07, 6.45) is 7.25. The molecule has 0 amide bonds. The lowest BCUT2D eigenvalue weighted by Crippen LogP contribution is -2.47. The van der Waals surface area contributed by atoms with Gasteiger partial charge in [0, 0.05) is 12.1 Å². The maximum Gasteiger partial charge on any atom is 0.108 e. The van der Waals surface area contributed by atoms with Gasteiger partial charge in [-0.3, -0.25) is 5.32 Å². The summed E-state index contributed by atoms with van der Waals surface area (Å²) in [5.74, 6) is 1.71. The maximum absolute atomic E-state index is 9.62. The van der Waals surface area contributed by atoms with Gasteiger partial charge in [-0.15, -0.1) is 0 Å². The topological polar surface area (TPSA) is 39.1 Å². The van der Waals surface area contributed by atoms with Crippen LogP contribution in [-0.4, -0.2) is 35.6 Å². The molecule has 0 aromatic heterocycles. The molecular formula is C18H33N3. The molecule has 1 saturated carbocycles. The van der Waals surface area contributed by atoms with E-state index >= 15 is 0 Å². The zero-order chi connectivity index (χ0) is 15.5. The fraction of sp³-hybridized carbons (Fsp3) is 0.944. The summed E-state index contributed by atoms with van der Waals surface area (Å²) in [5, 5.41) is 13.1. The van der Waals surface area contributed by atoms with Crippen molar-refractivity contribution in [3.8, 4) is 6.07 Å². The summed E-state index contributed by atoms with van der Waals surface area (Å²) in [6.45, 7) is 11.5. The summed E-state index contributed by atoms with van der Waals surface area (Å²) in [7, 11) is 0. The van der Waals surface area contributed by atoms with Gasteiger partial charge in [-0.1, -0.05) is 13.8 Å². The standard InChI is InChI=1S/C18H33N3/c1-14(2)16-6-5-10-21(11-8-16)17-7-9-18(12-17,13-19)20-15(3)4/h14-17,20H,5-12H2,1-4H3. The minimum atomic E-state index is -0.275. The smallest absolute Gasteiger partial charge is 0.108 e. The molecular weight excluding hydrogens is 258 g/mol. The minimum absolute atomic E-state index is 0.275. The van der Waals surface area contributed by atoms with E-state index in [-0.39, 0.29) is 5.54 Å². The second kappa shape index (κ2) is 7.11. The highest BCUT2D eigenvalue weighted by Gasteiger charge is 2.42. The highest BCUT2D eigenvalue weighted by atomic mass is 15.2. The Morgan fingerprint density at radius 1 is 1.14 bits per heavy atom. The average molecular weight is 291 g/mol. The number of nitriles is 1. The van der Waals surface area contributed by atoms with Crippen LogP contribution in [0.5, 0.6) is 0 Å². The van der Waals surface area contributed by atoms with Crippen LogP contribution in [0.4, 0.5) is 0 Å². The Kier molecular flexibility index (Phi) is 5.68. The lowest BCUT2D eigenvalue weighted by molar-refractivity contribution is 0.193. The molecule has 3 unspecified atom stereocenters. The van der Waals surface area contributed by atoms with Crippen LogP contribution in [0.3, 0.4) is 0 Å². The van der Waals surface area contributed by atoms with Gasteiger partial charge in [-0.2, -0.15) is 5.26 Å². The molecule has 3 nitrogen and oxygen atoms in total. The van der Waals surface area contributed by atoms with Crippen LogP contribution in [0.2, 0.25) is 0 Å². The Morgan fingerprint density at radius 2 is 1.90 bits per heavy atom. The molecule has 2 aliphatic rings. The molecule has 3 heteroatoms. The first-order valence-corrected chi connectivity index (χ1v) is 8.89. The molecule has 0 spiro atoms. The number of nitrogens with zero attached hydrogens (tertiary/aromatic N) is 2. The highest BCUT2D eigenvalue weighted by Crippen LogP contribution is 2.35. The van der Waals surface area contributed by atoms with Crippen molar-refractivity contribution in [3.05, 3.63) is 0 Å². The number of hydrogen-bond donors (Lipinski definition) is 1. The van der Waals surface area contributed by atoms with Crippen molar-refractivity contribution in [1.29, 1.82) is 5.26 Å². The molecule has 1 aliphatic heterocycles. The van der Waals surface area contributed by atoms with Crippen LogP contribution in [0, 0.1) is 23.2 Å². The van der Waals surface area contributed by atoms with Crippen molar-refractivity contribution in [3.63, 3.8) is 0 Å². The van der Waals surface area contributed by atoms with Crippen LogP contribution < -0.4 is 5.32 Å². The van der Waals surface area contributed by atoms with E-state index in [9.17, 15) is 5.26 Å². The van der Waals surface area contributed by atoms with Gasteiger partial charge in [-0.05, 0) is 77.3 Å². The van der Waals surface area contributed by atoms with Gasteiger partial charge in [0.2, 0.25) is 0 Å². The predicted octanol–water partition coefficient (Wildman–Crippen LogP) is 3.56. The van der Waals surface area contributed by atoms with Gasteiger partial charge in [0.25, 0.3) is 0 Å². The zero-order valence-electron chi connectivity index (χ0n) is 14.4. The first kappa shape index (κ1) is 16.8. The van der Waals surface area contributed by atoms with Gasteiger partial charge in [-0.25, -0.2) is 0 Å². The second-order valence-electron chi connectivity index (χ2n) is 7.86. The van der Waals surface area contributed by atoms with E-state index in [2.05, 4.69) is 44.0 Å². The monoisotopic (exact) mass is 291 g/mol. The van der Waals surface area contributed by atoms with Crippen LogP contribution in [0.25, 0.3) is 0 Å². The minimum Gasteiger partial charge on any atom is -0.300 e. The van der Waals surface area contributed by atoms with Crippen molar-refractivity contribution in [2.45, 2.75) is 83.8 Å². The Bertz CT molecular complexity index is 371. The Morgan fingerprint density at radius 3 is 2.52 bits per heavy atom. The van der Waals surface area contributed by atoms with E-state index in [4.69, 9.17) is 0 Å². The zero-order valence-corrected chi connectivity index (χ0v) is 14.4. The Hall–Kier alpha value is -0.590. The van der Waals surface area contributed by atoms with Gasteiger partial charge in [0.1, 0.15) is 5.54 Å². The number of likely N-dealkylation sites (tertiary alicyclic amines) is 1. The molecule has 1 saturated heterocycles. The van der Waals surface area contributed by atoms with Gasteiger partial charge < -0.3 is 4.90 Å². The molecule has 120 valence electrons. The van der Waals surface area contributed by atoms with Crippen LogP contribution >= 0.6 is 0 Å². The molecule has 1 N–H and O–H groups in total. The molecule has 1 heterocycles. The third-order valence-corrected chi connectivity index (χ3v) is 5.53. The van der Waals surface area contributed by atoms with E-state index in [1.165, 1.54) is 38.8 Å². The number of rotatable bonds is 4. The van der Waals surface area contributed by atoms with E-state index in [0.29, 0.717) is 12.1 Å². The second-order valence-corrected chi connectivity index (χ2v) is 7.86. The first-order valence-electron chi connectivity index (χ1n) is 8.89. The molecule has 0 radical (unpaired) electrons. The molecule has 0 bridgehead atoms. The van der Waals surface area contributed by atoms with Crippen LogP contribution in [0.1, 0.15) is 66.2 Å². The van der Waals surface area contributed by atoms with E-state index in [1.54, 1.807) is 0 Å². The fourth-order valence-corrected chi connectivity index (χ4v) is 4.32. The SMILES string of the molecule is CC(C)NC1(C#N)CCC(N2CCCC(C(C)C)CC2)C1. The summed E-state index contributed by atoms with van der Waals surface area (Å²) in [6, 6.07) is 3.58. The van der Waals surface area contributed by atoms with E-state index < -0.39 is 0 Å². The van der Waals surface area contributed by atoms with Gasteiger partial charge >= 0.3 is 0 Å². The van der Waals surface area contributed by atoms with Crippen molar-refractivity contribution >= 4 is 0 Å². The first-order chi connectivity index (χ1) is 9.96. The van der Waals surface area contributed by atoms with Crippen LogP contribution in [-0.2, 0) is 0 Å². The third kappa shape index (κ3) is 4.20. The van der Waals surface area contributed by atoms with E-state index in [0.717, 1.165) is 24.7 Å². The highest BCUT2D eigenvalue weighted by molar-refractivity contribution is 5.14.